The van der Waals surface area contributed by atoms with Crippen LogP contribution in [0, 0.1) is 13.8 Å². The molecule has 2 rings (SSSR count). The highest BCUT2D eigenvalue weighted by Gasteiger charge is 2.14. The van der Waals surface area contributed by atoms with Crippen molar-refractivity contribution in [3.63, 3.8) is 0 Å². The summed E-state index contributed by atoms with van der Waals surface area (Å²) in [6.07, 6.45) is 1.95. The van der Waals surface area contributed by atoms with Crippen LogP contribution in [-0.2, 0) is 0 Å². The summed E-state index contributed by atoms with van der Waals surface area (Å²) in [6.45, 7) is 5.50. The lowest BCUT2D eigenvalue weighted by Crippen LogP contribution is -2.14. The van der Waals surface area contributed by atoms with Crippen LogP contribution in [0.5, 0.6) is 11.5 Å². The first kappa shape index (κ1) is 17.4. The lowest BCUT2D eigenvalue weighted by atomic mass is 9.93. The summed E-state index contributed by atoms with van der Waals surface area (Å²) in [6, 6.07) is 14.4. The number of rotatable bonds is 8. The minimum atomic E-state index is 0.300. The highest BCUT2D eigenvalue weighted by atomic mass is 16.5. The summed E-state index contributed by atoms with van der Waals surface area (Å²) in [4.78, 5) is 0. The molecule has 0 bridgehead atoms. The number of aryl methyl sites for hydroxylation is 2. The predicted molar refractivity (Wildman–Crippen MR) is 95.4 cm³/mol. The van der Waals surface area contributed by atoms with Crippen molar-refractivity contribution in [3.8, 4) is 11.5 Å². The van der Waals surface area contributed by atoms with Gasteiger partial charge in [0.05, 0.1) is 13.7 Å². The first-order valence-corrected chi connectivity index (χ1v) is 8.18. The van der Waals surface area contributed by atoms with Gasteiger partial charge in [-0.25, -0.2) is 0 Å². The zero-order chi connectivity index (χ0) is 16.7. The molecule has 0 amide bonds. The van der Waals surface area contributed by atoms with E-state index in [4.69, 9.17) is 15.2 Å². The van der Waals surface area contributed by atoms with Crippen LogP contribution in [-0.4, -0.2) is 20.3 Å². The summed E-state index contributed by atoms with van der Waals surface area (Å²) < 4.78 is 11.3. The second kappa shape index (κ2) is 8.59. The Labute approximate surface area is 139 Å². The van der Waals surface area contributed by atoms with E-state index in [1.165, 1.54) is 16.7 Å². The van der Waals surface area contributed by atoms with E-state index in [0.717, 1.165) is 24.3 Å². The fraction of sp³-hybridized carbons (Fsp3) is 0.400. The van der Waals surface area contributed by atoms with Crippen molar-refractivity contribution >= 4 is 0 Å². The van der Waals surface area contributed by atoms with Gasteiger partial charge in [0.25, 0.3) is 0 Å². The molecule has 2 aromatic carbocycles. The molecule has 3 heteroatoms. The number of methoxy groups -OCH3 is 1. The maximum absolute atomic E-state index is 5.97. The predicted octanol–water partition coefficient (Wildman–Crippen LogP) is 4.21. The third kappa shape index (κ3) is 5.00. The Morgan fingerprint density at radius 1 is 1.04 bits per heavy atom. The van der Waals surface area contributed by atoms with Crippen molar-refractivity contribution in [2.24, 2.45) is 5.73 Å². The average Bonchev–Trinajstić information content (AvgIpc) is 2.54. The molecule has 2 N–H and O–H groups in total. The van der Waals surface area contributed by atoms with E-state index in [1.54, 1.807) is 7.11 Å². The molecule has 1 atom stereocenters. The first-order chi connectivity index (χ1) is 11.1. The Balaban J connectivity index is 1.88. The van der Waals surface area contributed by atoms with Gasteiger partial charge in [-0.2, -0.15) is 0 Å². The normalized spacial score (nSPS) is 12.0. The number of hydrogen-bond donors (Lipinski definition) is 1. The number of hydrogen-bond acceptors (Lipinski definition) is 3. The number of nitrogens with two attached hydrogens (primary N) is 1. The molecule has 0 aliphatic rings. The van der Waals surface area contributed by atoms with Crippen molar-refractivity contribution in [2.45, 2.75) is 32.6 Å². The van der Waals surface area contributed by atoms with Gasteiger partial charge in [-0.3, -0.25) is 0 Å². The van der Waals surface area contributed by atoms with Crippen molar-refractivity contribution in [1.82, 2.24) is 0 Å². The van der Waals surface area contributed by atoms with Crippen LogP contribution >= 0.6 is 0 Å². The number of para-hydroxylation sites is 1. The Kier molecular flexibility index (Phi) is 6.48. The SMILES string of the molecule is COc1ccccc1C(CN)CCCOc1cc(C)cc(C)c1. The molecule has 23 heavy (non-hydrogen) atoms. The van der Waals surface area contributed by atoms with Crippen LogP contribution in [0.15, 0.2) is 42.5 Å². The third-order valence-electron chi connectivity index (χ3n) is 4.02. The van der Waals surface area contributed by atoms with E-state index < -0.39 is 0 Å². The van der Waals surface area contributed by atoms with E-state index >= 15 is 0 Å². The van der Waals surface area contributed by atoms with Crippen LogP contribution in [0.3, 0.4) is 0 Å². The Hall–Kier alpha value is -2.00. The Bertz CT molecular complexity index is 605. The van der Waals surface area contributed by atoms with Crippen molar-refractivity contribution in [3.05, 3.63) is 59.2 Å². The van der Waals surface area contributed by atoms with Crippen molar-refractivity contribution in [1.29, 1.82) is 0 Å². The van der Waals surface area contributed by atoms with Gasteiger partial charge < -0.3 is 15.2 Å². The molecule has 0 aliphatic carbocycles. The zero-order valence-electron chi connectivity index (χ0n) is 14.3. The van der Waals surface area contributed by atoms with Gasteiger partial charge in [0.2, 0.25) is 0 Å². The summed E-state index contributed by atoms with van der Waals surface area (Å²) in [5, 5.41) is 0. The third-order valence-corrected chi connectivity index (χ3v) is 4.02. The van der Waals surface area contributed by atoms with E-state index in [9.17, 15) is 0 Å². The van der Waals surface area contributed by atoms with Gasteiger partial charge in [-0.1, -0.05) is 24.3 Å². The molecule has 0 saturated heterocycles. The maximum Gasteiger partial charge on any atom is 0.122 e. The fourth-order valence-corrected chi connectivity index (χ4v) is 2.94. The molecular formula is C20H27NO2. The molecule has 2 aromatic rings. The minimum absolute atomic E-state index is 0.300. The van der Waals surface area contributed by atoms with Gasteiger partial charge in [-0.15, -0.1) is 0 Å². The van der Waals surface area contributed by atoms with Gasteiger partial charge in [-0.05, 0) is 74.0 Å². The lowest BCUT2D eigenvalue weighted by Gasteiger charge is -2.18. The molecule has 0 fully saturated rings. The van der Waals surface area contributed by atoms with Gasteiger partial charge in [0.1, 0.15) is 11.5 Å². The zero-order valence-corrected chi connectivity index (χ0v) is 14.3. The van der Waals surface area contributed by atoms with Crippen LogP contribution in [0.4, 0.5) is 0 Å². The minimum Gasteiger partial charge on any atom is -0.496 e. The highest BCUT2D eigenvalue weighted by Crippen LogP contribution is 2.29. The smallest absolute Gasteiger partial charge is 0.122 e. The molecular weight excluding hydrogens is 286 g/mol. The van der Waals surface area contributed by atoms with Crippen molar-refractivity contribution < 1.29 is 9.47 Å². The largest absolute Gasteiger partial charge is 0.496 e. The average molecular weight is 313 g/mol. The molecule has 3 nitrogen and oxygen atoms in total. The molecule has 0 radical (unpaired) electrons. The molecule has 0 heterocycles. The Morgan fingerprint density at radius 2 is 1.74 bits per heavy atom. The van der Waals surface area contributed by atoms with Crippen LogP contribution in [0.1, 0.15) is 35.4 Å². The summed E-state index contributed by atoms with van der Waals surface area (Å²) in [7, 11) is 1.70. The fourth-order valence-electron chi connectivity index (χ4n) is 2.94. The topological polar surface area (TPSA) is 44.5 Å². The number of benzene rings is 2. The highest BCUT2D eigenvalue weighted by molar-refractivity contribution is 5.36. The standard InChI is InChI=1S/C20H27NO2/c1-15-11-16(2)13-18(12-15)23-10-6-7-17(14-21)19-8-4-5-9-20(19)22-3/h4-5,8-9,11-13,17H,6-7,10,14,21H2,1-3H3. The summed E-state index contributed by atoms with van der Waals surface area (Å²) in [5.41, 5.74) is 9.61. The maximum atomic E-state index is 5.97. The lowest BCUT2D eigenvalue weighted by molar-refractivity contribution is 0.300. The Morgan fingerprint density at radius 3 is 2.39 bits per heavy atom. The van der Waals surface area contributed by atoms with Gasteiger partial charge >= 0.3 is 0 Å². The van der Waals surface area contributed by atoms with E-state index in [-0.39, 0.29) is 0 Å². The van der Waals surface area contributed by atoms with Crippen LogP contribution < -0.4 is 15.2 Å². The monoisotopic (exact) mass is 313 g/mol. The molecule has 0 aromatic heterocycles. The van der Waals surface area contributed by atoms with Crippen LogP contribution in [0.25, 0.3) is 0 Å². The second-order valence-corrected chi connectivity index (χ2v) is 5.99. The van der Waals surface area contributed by atoms with Gasteiger partial charge in [0.15, 0.2) is 0 Å². The van der Waals surface area contributed by atoms with Gasteiger partial charge in [0, 0.05) is 0 Å². The summed E-state index contributed by atoms with van der Waals surface area (Å²) in [5.74, 6) is 2.16. The quantitative estimate of drug-likeness (QED) is 0.742. The second-order valence-electron chi connectivity index (χ2n) is 5.99. The summed E-state index contributed by atoms with van der Waals surface area (Å²) >= 11 is 0. The van der Waals surface area contributed by atoms with Crippen molar-refractivity contribution in [2.75, 3.05) is 20.3 Å². The first-order valence-electron chi connectivity index (χ1n) is 8.18. The molecule has 124 valence electrons. The van der Waals surface area contributed by atoms with Crippen LogP contribution in [0.2, 0.25) is 0 Å². The molecule has 0 spiro atoms. The number of ether oxygens (including phenoxy) is 2. The van der Waals surface area contributed by atoms with E-state index in [0.29, 0.717) is 19.1 Å². The van der Waals surface area contributed by atoms with E-state index in [2.05, 4.69) is 38.1 Å². The molecule has 1 unspecified atom stereocenters. The molecule has 0 saturated carbocycles. The molecule has 0 aliphatic heterocycles. The van der Waals surface area contributed by atoms with E-state index in [1.807, 2.05) is 18.2 Å².